The highest BCUT2D eigenvalue weighted by molar-refractivity contribution is 5.53. The van der Waals surface area contributed by atoms with Crippen molar-refractivity contribution in [2.75, 3.05) is 25.0 Å². The zero-order valence-electron chi connectivity index (χ0n) is 13.2. The largest absolute Gasteiger partial charge is 0.374 e. The van der Waals surface area contributed by atoms with Crippen molar-refractivity contribution in [1.29, 1.82) is 0 Å². The number of benzene rings is 1. The molecule has 1 N–H and O–H groups in total. The van der Waals surface area contributed by atoms with Crippen LogP contribution in [0.4, 0.5) is 10.1 Å². The van der Waals surface area contributed by atoms with Gasteiger partial charge in [0.15, 0.2) is 0 Å². The van der Waals surface area contributed by atoms with Gasteiger partial charge in [-0.2, -0.15) is 0 Å². The first kappa shape index (κ1) is 14.8. The highest BCUT2D eigenvalue weighted by Crippen LogP contribution is 2.48. The molecule has 21 heavy (non-hydrogen) atoms. The van der Waals surface area contributed by atoms with Gasteiger partial charge in [-0.05, 0) is 55.7 Å². The van der Waals surface area contributed by atoms with Crippen LogP contribution in [0.5, 0.6) is 0 Å². The molecule has 116 valence electrons. The van der Waals surface area contributed by atoms with Crippen LogP contribution in [-0.4, -0.2) is 20.1 Å². The highest BCUT2D eigenvalue weighted by atomic mass is 19.1. The zero-order chi connectivity index (χ0) is 14.8. The molecule has 1 aromatic rings. The maximum Gasteiger partial charge on any atom is 0.129 e. The second kappa shape index (κ2) is 6.35. The Morgan fingerprint density at radius 1 is 1.29 bits per heavy atom. The third kappa shape index (κ3) is 3.08. The fourth-order valence-electron chi connectivity index (χ4n) is 4.38. The number of nitrogens with one attached hydrogen (secondary N) is 1. The Kier molecular flexibility index (Phi) is 4.48. The van der Waals surface area contributed by atoms with Crippen molar-refractivity contribution in [3.05, 3.63) is 29.6 Å². The molecule has 0 spiro atoms. The Hall–Kier alpha value is -1.09. The van der Waals surface area contributed by atoms with Crippen LogP contribution in [-0.2, 0) is 6.54 Å². The summed E-state index contributed by atoms with van der Waals surface area (Å²) in [6, 6.07) is 5.46. The molecule has 0 amide bonds. The van der Waals surface area contributed by atoms with Gasteiger partial charge in [0.2, 0.25) is 0 Å². The molecule has 2 aliphatic carbocycles. The van der Waals surface area contributed by atoms with Crippen LogP contribution < -0.4 is 10.2 Å². The maximum absolute atomic E-state index is 14.1. The minimum atomic E-state index is -0.0896. The standard InChI is InChI=1S/C18H27FN2/c1-3-20-11-16-17(19)5-4-6-18(16)21(2)12-15-10-13-7-8-14(15)9-13/h4-6,13-15,20H,3,7-12H2,1-2H3. The molecule has 2 fully saturated rings. The zero-order valence-corrected chi connectivity index (χ0v) is 13.2. The van der Waals surface area contributed by atoms with Gasteiger partial charge in [-0.25, -0.2) is 4.39 Å². The fraction of sp³-hybridized carbons (Fsp3) is 0.667. The molecular weight excluding hydrogens is 263 g/mol. The summed E-state index contributed by atoms with van der Waals surface area (Å²) >= 11 is 0. The molecule has 1 aromatic carbocycles. The van der Waals surface area contributed by atoms with Crippen molar-refractivity contribution in [1.82, 2.24) is 5.32 Å². The molecule has 2 bridgehead atoms. The van der Waals surface area contributed by atoms with E-state index in [2.05, 4.69) is 30.3 Å². The summed E-state index contributed by atoms with van der Waals surface area (Å²) in [5.74, 6) is 2.61. The van der Waals surface area contributed by atoms with Crippen molar-refractivity contribution in [3.63, 3.8) is 0 Å². The summed E-state index contributed by atoms with van der Waals surface area (Å²) in [6.07, 6.45) is 5.67. The van der Waals surface area contributed by atoms with Crippen LogP contribution in [0.25, 0.3) is 0 Å². The molecule has 3 unspecified atom stereocenters. The topological polar surface area (TPSA) is 15.3 Å². The van der Waals surface area contributed by atoms with Crippen molar-refractivity contribution < 1.29 is 4.39 Å². The van der Waals surface area contributed by atoms with Gasteiger partial charge in [-0.3, -0.25) is 0 Å². The van der Waals surface area contributed by atoms with E-state index in [4.69, 9.17) is 0 Å². The second-order valence-corrected chi connectivity index (χ2v) is 6.83. The summed E-state index contributed by atoms with van der Waals surface area (Å²) in [4.78, 5) is 2.28. The molecule has 0 aromatic heterocycles. The van der Waals surface area contributed by atoms with Gasteiger partial charge in [0.1, 0.15) is 5.82 Å². The quantitative estimate of drug-likeness (QED) is 0.857. The van der Waals surface area contributed by atoms with E-state index in [9.17, 15) is 4.39 Å². The average molecular weight is 290 g/mol. The number of nitrogens with zero attached hydrogens (tertiary/aromatic N) is 1. The Balaban J connectivity index is 1.71. The lowest BCUT2D eigenvalue weighted by Crippen LogP contribution is -2.30. The van der Waals surface area contributed by atoms with Crippen LogP contribution in [0.3, 0.4) is 0 Å². The number of fused-ring (bicyclic) bond motifs is 2. The Morgan fingerprint density at radius 2 is 2.14 bits per heavy atom. The van der Waals surface area contributed by atoms with Gasteiger partial charge in [0, 0.05) is 31.4 Å². The van der Waals surface area contributed by atoms with Gasteiger partial charge in [-0.1, -0.05) is 19.4 Å². The first-order valence-electron chi connectivity index (χ1n) is 8.38. The first-order chi connectivity index (χ1) is 10.2. The lowest BCUT2D eigenvalue weighted by atomic mass is 9.88. The van der Waals surface area contributed by atoms with Gasteiger partial charge >= 0.3 is 0 Å². The second-order valence-electron chi connectivity index (χ2n) is 6.83. The minimum Gasteiger partial charge on any atom is -0.374 e. The minimum absolute atomic E-state index is 0.0896. The van der Waals surface area contributed by atoms with E-state index in [1.54, 1.807) is 6.07 Å². The van der Waals surface area contributed by atoms with E-state index in [1.807, 2.05) is 6.07 Å². The normalized spacial score (nSPS) is 27.3. The Labute approximate surface area is 127 Å². The van der Waals surface area contributed by atoms with E-state index in [0.29, 0.717) is 6.54 Å². The van der Waals surface area contributed by atoms with Crippen molar-refractivity contribution >= 4 is 5.69 Å². The van der Waals surface area contributed by atoms with Gasteiger partial charge in [0.05, 0.1) is 0 Å². The van der Waals surface area contributed by atoms with E-state index in [-0.39, 0.29) is 5.82 Å². The predicted octanol–water partition coefficient (Wildman–Crippen LogP) is 3.81. The molecule has 2 aliphatic rings. The van der Waals surface area contributed by atoms with Crippen LogP contribution in [0.15, 0.2) is 18.2 Å². The molecule has 0 aliphatic heterocycles. The summed E-state index contributed by atoms with van der Waals surface area (Å²) in [5, 5.41) is 3.25. The Morgan fingerprint density at radius 3 is 2.81 bits per heavy atom. The summed E-state index contributed by atoms with van der Waals surface area (Å²) in [6.45, 7) is 4.60. The van der Waals surface area contributed by atoms with Gasteiger partial charge in [0.25, 0.3) is 0 Å². The van der Waals surface area contributed by atoms with Crippen molar-refractivity contribution in [3.8, 4) is 0 Å². The molecular formula is C18H27FN2. The number of rotatable bonds is 6. The van der Waals surface area contributed by atoms with E-state index < -0.39 is 0 Å². The number of hydrogen-bond donors (Lipinski definition) is 1. The molecule has 0 heterocycles. The number of hydrogen-bond acceptors (Lipinski definition) is 2. The van der Waals surface area contributed by atoms with Crippen LogP contribution in [0, 0.1) is 23.6 Å². The van der Waals surface area contributed by atoms with Gasteiger partial charge in [-0.15, -0.1) is 0 Å². The molecule has 3 atom stereocenters. The van der Waals surface area contributed by atoms with Crippen molar-refractivity contribution in [2.24, 2.45) is 17.8 Å². The average Bonchev–Trinajstić information content (AvgIpc) is 3.08. The smallest absolute Gasteiger partial charge is 0.129 e. The van der Waals surface area contributed by atoms with Crippen LogP contribution in [0.1, 0.15) is 38.2 Å². The van der Waals surface area contributed by atoms with E-state index in [1.165, 1.54) is 25.7 Å². The van der Waals surface area contributed by atoms with E-state index >= 15 is 0 Å². The third-order valence-electron chi connectivity index (χ3n) is 5.45. The van der Waals surface area contributed by atoms with Gasteiger partial charge < -0.3 is 10.2 Å². The summed E-state index contributed by atoms with van der Waals surface area (Å²) < 4.78 is 14.1. The monoisotopic (exact) mass is 290 g/mol. The molecule has 2 saturated carbocycles. The highest BCUT2D eigenvalue weighted by Gasteiger charge is 2.39. The van der Waals surface area contributed by atoms with E-state index in [0.717, 1.165) is 42.1 Å². The summed E-state index contributed by atoms with van der Waals surface area (Å²) in [7, 11) is 2.12. The molecule has 0 saturated heterocycles. The number of halogens is 1. The third-order valence-corrected chi connectivity index (χ3v) is 5.45. The maximum atomic E-state index is 14.1. The molecule has 0 radical (unpaired) electrons. The van der Waals surface area contributed by atoms with Crippen molar-refractivity contribution in [2.45, 2.75) is 39.2 Å². The lowest BCUT2D eigenvalue weighted by Gasteiger charge is -2.30. The molecule has 3 rings (SSSR count). The first-order valence-corrected chi connectivity index (χ1v) is 8.38. The molecule has 2 nitrogen and oxygen atoms in total. The lowest BCUT2D eigenvalue weighted by molar-refractivity contribution is 0.337. The van der Waals surface area contributed by atoms with Crippen LogP contribution in [0.2, 0.25) is 0 Å². The SMILES string of the molecule is CCNCc1c(F)cccc1N(C)CC1CC2CCC1C2. The van der Waals surface area contributed by atoms with Crippen LogP contribution >= 0.6 is 0 Å². The number of anilines is 1. The fourth-order valence-corrected chi connectivity index (χ4v) is 4.38. The predicted molar refractivity (Wildman–Crippen MR) is 86.0 cm³/mol. The molecule has 3 heteroatoms. The summed E-state index contributed by atoms with van der Waals surface area (Å²) in [5.41, 5.74) is 1.86. The Bertz CT molecular complexity index is 488.